The molecule has 0 bridgehead atoms. The lowest BCUT2D eigenvalue weighted by Gasteiger charge is -1.91. The fourth-order valence-electron chi connectivity index (χ4n) is 1.05. The number of hydrogen-bond acceptors (Lipinski definition) is 2. The van der Waals surface area contributed by atoms with Gasteiger partial charge in [-0.2, -0.15) is 0 Å². The molecule has 0 unspecified atom stereocenters. The Balaban J connectivity index is 3.25. The predicted molar refractivity (Wildman–Crippen MR) is 41.4 cm³/mol. The maximum absolute atomic E-state index is 11.2. The molecule has 4 heteroatoms. The third-order valence-corrected chi connectivity index (χ3v) is 1.73. The van der Waals surface area contributed by atoms with Gasteiger partial charge in [-0.25, -0.2) is 0 Å². The number of hydrogen-bond donors (Lipinski definition) is 2. The van der Waals surface area contributed by atoms with E-state index in [1.807, 2.05) is 6.92 Å². The van der Waals surface area contributed by atoms with Gasteiger partial charge in [0.2, 0.25) is 0 Å². The first-order valence-corrected chi connectivity index (χ1v) is 3.59. The van der Waals surface area contributed by atoms with E-state index in [0.717, 1.165) is 5.69 Å². The molecule has 1 heterocycles. The van der Waals surface area contributed by atoms with Gasteiger partial charge in [-0.3, -0.25) is 14.6 Å². The van der Waals surface area contributed by atoms with Crippen LogP contribution in [-0.2, 0) is 13.2 Å². The minimum atomic E-state index is -0.186. The first-order valence-electron chi connectivity index (χ1n) is 3.59. The van der Waals surface area contributed by atoms with Crippen LogP contribution in [0.4, 0.5) is 0 Å². The minimum Gasteiger partial charge on any atom is -0.391 e. The number of aliphatic hydroxyl groups is 1. The Hall–Kier alpha value is -1.03. The fraction of sp³-hybridized carbons (Fsp3) is 0.571. The Morgan fingerprint density at radius 1 is 1.64 bits per heavy atom. The van der Waals surface area contributed by atoms with E-state index in [-0.39, 0.29) is 12.2 Å². The number of aryl methyl sites for hydroxylation is 2. The molecular formula is C7H12N2O2. The first kappa shape index (κ1) is 8.07. The lowest BCUT2D eigenvalue weighted by Crippen LogP contribution is -2.17. The summed E-state index contributed by atoms with van der Waals surface area (Å²) in [5, 5.41) is 11.6. The SMILES string of the molecule is CCn1[nH]c(C)c(CO)c1=O. The average molecular weight is 156 g/mol. The highest BCUT2D eigenvalue weighted by Crippen LogP contribution is 1.97. The molecule has 0 radical (unpaired) electrons. The zero-order valence-electron chi connectivity index (χ0n) is 6.72. The molecule has 0 fully saturated rings. The Bertz CT molecular complexity index is 298. The zero-order chi connectivity index (χ0) is 8.43. The van der Waals surface area contributed by atoms with E-state index in [9.17, 15) is 4.79 Å². The predicted octanol–water partition coefficient (Wildman–Crippen LogP) is -0.00298. The lowest BCUT2D eigenvalue weighted by atomic mass is 10.3. The third-order valence-electron chi connectivity index (χ3n) is 1.73. The molecule has 62 valence electrons. The second-order valence-electron chi connectivity index (χ2n) is 2.42. The number of nitrogens with one attached hydrogen (secondary N) is 1. The summed E-state index contributed by atoms with van der Waals surface area (Å²) in [6, 6.07) is 0. The number of nitrogens with zero attached hydrogens (tertiary/aromatic N) is 1. The maximum Gasteiger partial charge on any atom is 0.272 e. The van der Waals surface area contributed by atoms with Crippen molar-refractivity contribution in [3.8, 4) is 0 Å². The van der Waals surface area contributed by atoms with Crippen molar-refractivity contribution in [2.45, 2.75) is 27.0 Å². The van der Waals surface area contributed by atoms with E-state index < -0.39 is 0 Å². The standard InChI is InChI=1S/C7H12N2O2/c1-3-9-7(11)6(4-10)5(2)8-9/h8,10H,3-4H2,1-2H3. The summed E-state index contributed by atoms with van der Waals surface area (Å²) in [6.07, 6.45) is 0. The molecule has 1 aromatic heterocycles. The Labute approximate surface area is 64.5 Å². The number of aromatic nitrogens is 2. The van der Waals surface area contributed by atoms with Crippen LogP contribution < -0.4 is 5.56 Å². The molecule has 4 nitrogen and oxygen atoms in total. The normalized spacial score (nSPS) is 10.5. The number of H-pyrrole nitrogens is 1. The summed E-state index contributed by atoms with van der Waals surface area (Å²) in [5.41, 5.74) is 1.10. The van der Waals surface area contributed by atoms with Gasteiger partial charge in [-0.05, 0) is 13.8 Å². The fourth-order valence-corrected chi connectivity index (χ4v) is 1.05. The molecule has 0 amide bonds. The van der Waals surface area contributed by atoms with Crippen LogP contribution in [0, 0.1) is 6.92 Å². The summed E-state index contributed by atoms with van der Waals surface area (Å²) >= 11 is 0. The van der Waals surface area contributed by atoms with Crippen molar-refractivity contribution in [2.24, 2.45) is 0 Å². The summed E-state index contributed by atoms with van der Waals surface area (Å²) in [4.78, 5) is 11.2. The van der Waals surface area contributed by atoms with Crippen molar-refractivity contribution in [3.63, 3.8) is 0 Å². The average Bonchev–Trinajstić information content (AvgIpc) is 2.26. The quantitative estimate of drug-likeness (QED) is 0.633. The van der Waals surface area contributed by atoms with Gasteiger partial charge in [0, 0.05) is 12.2 Å². The smallest absolute Gasteiger partial charge is 0.272 e. The van der Waals surface area contributed by atoms with E-state index in [0.29, 0.717) is 12.1 Å². The monoisotopic (exact) mass is 156 g/mol. The number of rotatable bonds is 2. The van der Waals surface area contributed by atoms with Crippen LogP contribution in [0.2, 0.25) is 0 Å². The number of aliphatic hydroxyl groups excluding tert-OH is 1. The van der Waals surface area contributed by atoms with Crippen LogP contribution in [0.1, 0.15) is 18.2 Å². The van der Waals surface area contributed by atoms with Gasteiger partial charge in [0.15, 0.2) is 0 Å². The topological polar surface area (TPSA) is 58.0 Å². The third kappa shape index (κ3) is 1.21. The molecule has 0 aliphatic carbocycles. The molecule has 0 aliphatic heterocycles. The van der Waals surface area contributed by atoms with Crippen molar-refractivity contribution in [1.29, 1.82) is 0 Å². The molecule has 0 saturated heterocycles. The van der Waals surface area contributed by atoms with Crippen LogP contribution in [0.25, 0.3) is 0 Å². The Morgan fingerprint density at radius 2 is 2.27 bits per heavy atom. The van der Waals surface area contributed by atoms with Crippen LogP contribution in [0.5, 0.6) is 0 Å². The zero-order valence-corrected chi connectivity index (χ0v) is 6.72. The molecule has 2 N–H and O–H groups in total. The molecule has 0 aromatic carbocycles. The summed E-state index contributed by atoms with van der Waals surface area (Å²) in [7, 11) is 0. The van der Waals surface area contributed by atoms with Gasteiger partial charge in [0.25, 0.3) is 5.56 Å². The van der Waals surface area contributed by atoms with Gasteiger partial charge < -0.3 is 5.11 Å². The van der Waals surface area contributed by atoms with Crippen LogP contribution in [0.3, 0.4) is 0 Å². The van der Waals surface area contributed by atoms with Crippen LogP contribution in [-0.4, -0.2) is 14.9 Å². The van der Waals surface area contributed by atoms with Gasteiger partial charge in [-0.1, -0.05) is 0 Å². The van der Waals surface area contributed by atoms with Crippen molar-refractivity contribution in [3.05, 3.63) is 21.6 Å². The summed E-state index contributed by atoms with van der Waals surface area (Å²) in [6.45, 7) is 4.07. The highest BCUT2D eigenvalue weighted by molar-refractivity contribution is 5.14. The molecule has 0 atom stereocenters. The first-order chi connectivity index (χ1) is 5.20. The van der Waals surface area contributed by atoms with Gasteiger partial charge in [-0.15, -0.1) is 0 Å². The highest BCUT2D eigenvalue weighted by atomic mass is 16.3. The molecule has 1 aromatic rings. The van der Waals surface area contributed by atoms with Crippen molar-refractivity contribution in [1.82, 2.24) is 9.78 Å². The highest BCUT2D eigenvalue weighted by Gasteiger charge is 2.07. The second-order valence-corrected chi connectivity index (χ2v) is 2.42. The molecule has 11 heavy (non-hydrogen) atoms. The van der Waals surface area contributed by atoms with Crippen LogP contribution >= 0.6 is 0 Å². The van der Waals surface area contributed by atoms with E-state index in [2.05, 4.69) is 5.10 Å². The largest absolute Gasteiger partial charge is 0.391 e. The van der Waals surface area contributed by atoms with E-state index >= 15 is 0 Å². The molecular weight excluding hydrogens is 144 g/mol. The van der Waals surface area contributed by atoms with E-state index in [1.54, 1.807) is 6.92 Å². The van der Waals surface area contributed by atoms with Crippen molar-refractivity contribution in [2.75, 3.05) is 0 Å². The summed E-state index contributed by atoms with van der Waals surface area (Å²) in [5.74, 6) is 0. The maximum atomic E-state index is 11.2. The van der Waals surface area contributed by atoms with Gasteiger partial charge in [0.1, 0.15) is 0 Å². The van der Waals surface area contributed by atoms with E-state index in [4.69, 9.17) is 5.11 Å². The lowest BCUT2D eigenvalue weighted by molar-refractivity contribution is 0.279. The Kier molecular flexibility index (Phi) is 2.14. The molecule has 1 rings (SSSR count). The summed E-state index contributed by atoms with van der Waals surface area (Å²) < 4.78 is 1.47. The molecule has 0 saturated carbocycles. The van der Waals surface area contributed by atoms with E-state index in [1.165, 1.54) is 4.68 Å². The van der Waals surface area contributed by atoms with Crippen LogP contribution in [0.15, 0.2) is 4.79 Å². The minimum absolute atomic E-state index is 0.118. The van der Waals surface area contributed by atoms with Crippen molar-refractivity contribution >= 4 is 0 Å². The van der Waals surface area contributed by atoms with Gasteiger partial charge in [0.05, 0.1) is 12.2 Å². The molecule has 0 spiro atoms. The number of aromatic amines is 1. The Morgan fingerprint density at radius 3 is 2.55 bits per heavy atom. The molecule has 0 aliphatic rings. The second kappa shape index (κ2) is 2.92. The van der Waals surface area contributed by atoms with Gasteiger partial charge >= 0.3 is 0 Å². The van der Waals surface area contributed by atoms with Crippen molar-refractivity contribution < 1.29 is 5.11 Å².